The van der Waals surface area contributed by atoms with Crippen LogP contribution in [0.25, 0.3) is 0 Å². The molecule has 1 aromatic carbocycles. The molecule has 0 amide bonds. The highest BCUT2D eigenvalue weighted by atomic mass is 16.5. The molecule has 0 aliphatic heterocycles. The van der Waals surface area contributed by atoms with Gasteiger partial charge < -0.3 is 15.2 Å². The summed E-state index contributed by atoms with van der Waals surface area (Å²) >= 11 is 0. The van der Waals surface area contributed by atoms with Gasteiger partial charge in [0.25, 0.3) is 0 Å². The summed E-state index contributed by atoms with van der Waals surface area (Å²) in [6.07, 6.45) is 7.98. The summed E-state index contributed by atoms with van der Waals surface area (Å²) in [5, 5.41) is 13.4. The Bertz CT molecular complexity index is 439. The minimum atomic E-state index is 0.202. The molecule has 0 radical (unpaired) electrons. The molecule has 0 saturated heterocycles. The molecule has 3 heteroatoms. The van der Waals surface area contributed by atoms with Gasteiger partial charge in [-0.15, -0.1) is 0 Å². The number of phenols is 1. The summed E-state index contributed by atoms with van der Waals surface area (Å²) in [5.74, 6) is 1.69. The van der Waals surface area contributed by atoms with Crippen molar-refractivity contribution in [3.8, 4) is 11.5 Å². The van der Waals surface area contributed by atoms with Crippen molar-refractivity contribution in [2.75, 3.05) is 7.11 Å². The van der Waals surface area contributed by atoms with Crippen LogP contribution >= 0.6 is 0 Å². The van der Waals surface area contributed by atoms with Gasteiger partial charge in [0.05, 0.1) is 7.11 Å². The number of ether oxygens (including phenoxy) is 1. The third-order valence-electron chi connectivity index (χ3n) is 4.73. The predicted octanol–water partition coefficient (Wildman–Crippen LogP) is 4.41. The maximum Gasteiger partial charge on any atom is 0.160 e. The van der Waals surface area contributed by atoms with Crippen LogP contribution in [0.5, 0.6) is 11.5 Å². The molecular formula is C18H29NO2. The molecule has 1 atom stereocenters. The predicted molar refractivity (Wildman–Crippen MR) is 86.9 cm³/mol. The first kappa shape index (κ1) is 16.2. The van der Waals surface area contributed by atoms with Gasteiger partial charge in [-0.2, -0.15) is 0 Å². The van der Waals surface area contributed by atoms with Gasteiger partial charge in [0.1, 0.15) is 0 Å². The van der Waals surface area contributed by atoms with Crippen LogP contribution in [0.4, 0.5) is 0 Å². The van der Waals surface area contributed by atoms with Crippen molar-refractivity contribution in [2.45, 2.75) is 64.5 Å². The molecule has 0 aromatic heterocycles. The Hall–Kier alpha value is -1.22. The summed E-state index contributed by atoms with van der Waals surface area (Å²) in [7, 11) is 1.59. The van der Waals surface area contributed by atoms with Gasteiger partial charge in [-0.3, -0.25) is 0 Å². The lowest BCUT2D eigenvalue weighted by Gasteiger charge is -2.31. The van der Waals surface area contributed by atoms with Gasteiger partial charge >= 0.3 is 0 Å². The van der Waals surface area contributed by atoms with Crippen LogP contribution in [0.15, 0.2) is 18.2 Å². The smallest absolute Gasteiger partial charge is 0.160 e. The van der Waals surface area contributed by atoms with Crippen LogP contribution < -0.4 is 10.1 Å². The fourth-order valence-corrected chi connectivity index (χ4v) is 3.44. The molecule has 2 rings (SSSR count). The average molecular weight is 291 g/mol. The largest absolute Gasteiger partial charge is 0.504 e. The molecule has 1 unspecified atom stereocenters. The van der Waals surface area contributed by atoms with E-state index in [2.05, 4.69) is 19.2 Å². The second kappa shape index (κ2) is 7.69. The quantitative estimate of drug-likeness (QED) is 0.815. The lowest BCUT2D eigenvalue weighted by molar-refractivity contribution is 0.266. The molecule has 1 fully saturated rings. The zero-order chi connectivity index (χ0) is 15.2. The van der Waals surface area contributed by atoms with Crippen molar-refractivity contribution in [3.63, 3.8) is 0 Å². The highest BCUT2D eigenvalue weighted by Gasteiger charge is 2.22. The van der Waals surface area contributed by atoms with Gasteiger partial charge in [-0.1, -0.05) is 25.8 Å². The van der Waals surface area contributed by atoms with E-state index in [0.29, 0.717) is 11.8 Å². The van der Waals surface area contributed by atoms with E-state index in [1.54, 1.807) is 13.2 Å². The topological polar surface area (TPSA) is 41.5 Å². The number of hydrogen-bond donors (Lipinski definition) is 2. The fraction of sp³-hybridized carbons (Fsp3) is 0.667. The Morgan fingerprint density at radius 1 is 1.29 bits per heavy atom. The third kappa shape index (κ3) is 4.37. The molecule has 0 spiro atoms. The summed E-state index contributed by atoms with van der Waals surface area (Å²) in [6.45, 7) is 4.47. The lowest BCUT2D eigenvalue weighted by Crippen LogP contribution is -2.35. The minimum absolute atomic E-state index is 0.202. The number of rotatable bonds is 6. The van der Waals surface area contributed by atoms with Crippen LogP contribution in [-0.4, -0.2) is 18.3 Å². The molecule has 2 N–H and O–H groups in total. The molecule has 1 aliphatic carbocycles. The number of phenolic OH excluding ortho intramolecular Hbond substituents is 1. The molecule has 21 heavy (non-hydrogen) atoms. The molecular weight excluding hydrogens is 262 g/mol. The minimum Gasteiger partial charge on any atom is -0.504 e. The monoisotopic (exact) mass is 291 g/mol. The summed E-state index contributed by atoms with van der Waals surface area (Å²) < 4.78 is 5.19. The normalized spacial score (nSPS) is 23.8. The van der Waals surface area contributed by atoms with Gasteiger partial charge in [-0.05, 0) is 56.2 Å². The molecule has 1 aliphatic rings. The Morgan fingerprint density at radius 2 is 2.00 bits per heavy atom. The number of aromatic hydroxyl groups is 1. The number of hydrogen-bond acceptors (Lipinski definition) is 3. The van der Waals surface area contributed by atoms with Gasteiger partial charge in [-0.25, -0.2) is 0 Å². The van der Waals surface area contributed by atoms with E-state index < -0.39 is 0 Å². The molecule has 0 bridgehead atoms. The molecule has 0 heterocycles. The fourth-order valence-electron chi connectivity index (χ4n) is 3.44. The second-order valence-electron chi connectivity index (χ2n) is 6.33. The van der Waals surface area contributed by atoms with Gasteiger partial charge in [0, 0.05) is 12.1 Å². The first-order valence-corrected chi connectivity index (χ1v) is 8.27. The highest BCUT2D eigenvalue weighted by molar-refractivity contribution is 5.42. The van der Waals surface area contributed by atoms with E-state index >= 15 is 0 Å². The van der Waals surface area contributed by atoms with Crippen LogP contribution in [0.3, 0.4) is 0 Å². The Morgan fingerprint density at radius 3 is 2.62 bits per heavy atom. The second-order valence-corrected chi connectivity index (χ2v) is 6.33. The molecule has 3 nitrogen and oxygen atoms in total. The Balaban J connectivity index is 1.88. The van der Waals surface area contributed by atoms with E-state index in [1.807, 2.05) is 12.1 Å². The number of benzene rings is 1. The molecule has 1 saturated carbocycles. The Labute approximate surface area is 128 Å². The van der Waals surface area contributed by atoms with Crippen LogP contribution in [0.1, 0.15) is 64.0 Å². The van der Waals surface area contributed by atoms with Crippen molar-refractivity contribution in [1.29, 1.82) is 0 Å². The number of methoxy groups -OCH3 is 1. The first-order valence-electron chi connectivity index (χ1n) is 8.27. The molecule has 118 valence electrons. The van der Waals surface area contributed by atoms with Crippen molar-refractivity contribution < 1.29 is 9.84 Å². The number of nitrogens with one attached hydrogen (secondary N) is 1. The zero-order valence-electron chi connectivity index (χ0n) is 13.6. The third-order valence-corrected chi connectivity index (χ3v) is 4.73. The van der Waals surface area contributed by atoms with E-state index in [-0.39, 0.29) is 11.8 Å². The van der Waals surface area contributed by atoms with Crippen LogP contribution in [0.2, 0.25) is 0 Å². The van der Waals surface area contributed by atoms with E-state index in [1.165, 1.54) is 44.1 Å². The summed E-state index contributed by atoms with van der Waals surface area (Å²) in [4.78, 5) is 0. The van der Waals surface area contributed by atoms with Crippen LogP contribution in [0, 0.1) is 5.92 Å². The maximum absolute atomic E-state index is 9.67. The van der Waals surface area contributed by atoms with E-state index in [0.717, 1.165) is 5.92 Å². The Kier molecular flexibility index (Phi) is 5.92. The summed E-state index contributed by atoms with van der Waals surface area (Å²) in [5.41, 5.74) is 1.17. The summed E-state index contributed by atoms with van der Waals surface area (Å²) in [6, 6.07) is 6.51. The van der Waals surface area contributed by atoms with Gasteiger partial charge in [0.2, 0.25) is 0 Å². The lowest BCUT2D eigenvalue weighted by atomic mass is 9.83. The SMILES string of the molecule is CCCC1CCC(NC(C)c2ccc(O)c(OC)c2)CC1. The van der Waals surface area contributed by atoms with Crippen molar-refractivity contribution in [1.82, 2.24) is 5.32 Å². The van der Waals surface area contributed by atoms with E-state index in [4.69, 9.17) is 4.74 Å². The first-order chi connectivity index (χ1) is 10.1. The zero-order valence-corrected chi connectivity index (χ0v) is 13.6. The average Bonchev–Trinajstić information content (AvgIpc) is 2.50. The van der Waals surface area contributed by atoms with Gasteiger partial charge in [0.15, 0.2) is 11.5 Å². The van der Waals surface area contributed by atoms with E-state index in [9.17, 15) is 5.11 Å². The maximum atomic E-state index is 9.67. The van der Waals surface area contributed by atoms with Crippen molar-refractivity contribution in [2.24, 2.45) is 5.92 Å². The van der Waals surface area contributed by atoms with Crippen molar-refractivity contribution >= 4 is 0 Å². The van der Waals surface area contributed by atoms with Crippen LogP contribution in [-0.2, 0) is 0 Å². The standard InChI is InChI=1S/C18H29NO2/c1-4-5-14-6-9-16(10-7-14)19-13(2)15-8-11-17(20)18(12-15)21-3/h8,11-14,16,19-20H,4-7,9-10H2,1-3H3. The highest BCUT2D eigenvalue weighted by Crippen LogP contribution is 2.31. The molecule has 1 aromatic rings. The van der Waals surface area contributed by atoms with Crippen molar-refractivity contribution in [3.05, 3.63) is 23.8 Å².